The summed E-state index contributed by atoms with van der Waals surface area (Å²) < 4.78 is 0. The van der Waals surface area contributed by atoms with E-state index < -0.39 is 139 Å². The number of carbonyl (C=O) groups is 10. The number of hydrogen-bond acceptors (Lipinski definition) is 14. The molecule has 18 N–H and O–H groups in total. The molecule has 428 valence electrons. The van der Waals surface area contributed by atoms with E-state index in [0.717, 1.165) is 0 Å². The lowest BCUT2D eigenvalue weighted by atomic mass is 9.96. The second kappa shape index (κ2) is 32.5. The van der Waals surface area contributed by atoms with Gasteiger partial charge < -0.3 is 80.2 Å². The van der Waals surface area contributed by atoms with Gasteiger partial charge in [0.05, 0.1) is 31.4 Å². The van der Waals surface area contributed by atoms with Gasteiger partial charge in [0.25, 0.3) is 0 Å². The number of nitrogens with zero attached hydrogens (tertiary/aromatic N) is 3. The normalized spacial score (nSPS) is 17.3. The number of nitrogens with two attached hydrogens (primary N) is 4. The minimum Gasteiger partial charge on any atom is -0.481 e. The van der Waals surface area contributed by atoms with Crippen LogP contribution in [0.15, 0.2) is 17.5 Å². The molecule has 1 aliphatic rings. The third-order valence-electron chi connectivity index (χ3n) is 13.4. The first-order valence-corrected chi connectivity index (χ1v) is 26.1. The van der Waals surface area contributed by atoms with Gasteiger partial charge in [0.15, 0.2) is 5.96 Å². The van der Waals surface area contributed by atoms with Crippen LogP contribution in [-0.2, 0) is 54.4 Å². The van der Waals surface area contributed by atoms with E-state index in [9.17, 15) is 58.2 Å². The van der Waals surface area contributed by atoms with Crippen LogP contribution in [0.2, 0.25) is 0 Å². The largest absolute Gasteiger partial charge is 0.481 e. The highest BCUT2D eigenvalue weighted by molar-refractivity contribution is 5.99. The number of carbonyl (C=O) groups excluding carboxylic acids is 9. The van der Waals surface area contributed by atoms with E-state index in [4.69, 9.17) is 22.9 Å². The molecule has 1 aromatic rings. The number of carboxylic acids is 1. The molecule has 0 bridgehead atoms. The lowest BCUT2D eigenvalue weighted by molar-refractivity contribution is -0.143. The number of aromatic amines is 1. The third-order valence-corrected chi connectivity index (χ3v) is 13.4. The number of nitrogens with one attached hydrogen (secondary N) is 8. The number of H-pyrrole nitrogens is 1. The zero-order valence-corrected chi connectivity index (χ0v) is 45.2. The molecule has 1 saturated heterocycles. The summed E-state index contributed by atoms with van der Waals surface area (Å²) in [6.07, 6.45) is 2.86. The fraction of sp³-hybridized carbons (Fsp3) is 0.714. The summed E-state index contributed by atoms with van der Waals surface area (Å²) in [5.41, 5.74) is 23.0. The summed E-state index contributed by atoms with van der Waals surface area (Å²) in [7, 11) is 0. The van der Waals surface area contributed by atoms with E-state index in [1.165, 1.54) is 17.4 Å². The molecule has 0 aliphatic carbocycles. The van der Waals surface area contributed by atoms with Gasteiger partial charge in [0.2, 0.25) is 53.2 Å². The molecule has 9 amide bonds. The molecule has 2 heterocycles. The molecule has 76 heavy (non-hydrogen) atoms. The Hall–Kier alpha value is -6.90. The first kappa shape index (κ1) is 65.2. The van der Waals surface area contributed by atoms with Gasteiger partial charge in [-0.25, -0.2) is 4.98 Å². The molecule has 1 aromatic heterocycles. The van der Waals surface area contributed by atoms with E-state index in [1.54, 1.807) is 48.5 Å². The van der Waals surface area contributed by atoms with Gasteiger partial charge in [-0.15, -0.1) is 0 Å². The Morgan fingerprint density at radius 2 is 1.32 bits per heavy atom. The summed E-state index contributed by atoms with van der Waals surface area (Å²) in [6.45, 7) is 14.0. The van der Waals surface area contributed by atoms with E-state index in [-0.39, 0.29) is 75.3 Å². The van der Waals surface area contributed by atoms with Gasteiger partial charge in [0, 0.05) is 37.8 Å². The van der Waals surface area contributed by atoms with Crippen LogP contribution in [0.5, 0.6) is 0 Å². The predicted octanol–water partition coefficient (Wildman–Crippen LogP) is -2.76. The number of rotatable bonds is 34. The van der Waals surface area contributed by atoms with Crippen molar-refractivity contribution in [1.82, 2.24) is 52.1 Å². The van der Waals surface area contributed by atoms with Gasteiger partial charge in [-0.2, -0.15) is 0 Å². The van der Waals surface area contributed by atoms with E-state index in [1.807, 2.05) is 6.92 Å². The van der Waals surface area contributed by atoms with Crippen LogP contribution >= 0.6 is 0 Å². The molecule has 27 heteroatoms. The molecule has 1 aliphatic heterocycles. The highest BCUT2D eigenvalue weighted by Gasteiger charge is 2.42. The Balaban J connectivity index is 2.45. The maximum Gasteiger partial charge on any atom is 0.303 e. The zero-order valence-electron chi connectivity index (χ0n) is 45.2. The van der Waals surface area contributed by atoms with Crippen LogP contribution in [0.4, 0.5) is 0 Å². The van der Waals surface area contributed by atoms with Crippen LogP contribution < -0.4 is 60.2 Å². The molecular formula is C49H85N15O12. The van der Waals surface area contributed by atoms with Crippen LogP contribution in [0.1, 0.15) is 125 Å². The monoisotopic (exact) mass is 1080 g/mol. The molecule has 27 nitrogen and oxygen atoms in total. The van der Waals surface area contributed by atoms with E-state index >= 15 is 0 Å². The number of primary amides is 1. The number of aliphatic hydroxyl groups is 1. The summed E-state index contributed by atoms with van der Waals surface area (Å²) in [6, 6.07) is -11.0. The maximum atomic E-state index is 14.6. The van der Waals surface area contributed by atoms with Crippen molar-refractivity contribution < 1.29 is 58.2 Å². The molecule has 0 aromatic carbocycles. The van der Waals surface area contributed by atoms with Crippen molar-refractivity contribution in [3.63, 3.8) is 0 Å². The average molecular weight is 1080 g/mol. The maximum absolute atomic E-state index is 14.6. The fourth-order valence-electron chi connectivity index (χ4n) is 8.24. The van der Waals surface area contributed by atoms with Crippen molar-refractivity contribution in [1.29, 1.82) is 0 Å². The smallest absolute Gasteiger partial charge is 0.303 e. The van der Waals surface area contributed by atoms with Gasteiger partial charge in [-0.3, -0.25) is 52.9 Å². The van der Waals surface area contributed by atoms with Gasteiger partial charge >= 0.3 is 5.97 Å². The number of carboxylic acid groups (broad SMARTS) is 1. The number of guanidine groups is 1. The second-order valence-corrected chi connectivity index (χ2v) is 20.3. The van der Waals surface area contributed by atoms with Crippen LogP contribution in [-0.4, -0.2) is 164 Å². The van der Waals surface area contributed by atoms with Gasteiger partial charge in [-0.05, 0) is 62.2 Å². The molecule has 11 atom stereocenters. The zero-order chi connectivity index (χ0) is 57.4. The van der Waals surface area contributed by atoms with Crippen molar-refractivity contribution >= 4 is 65.1 Å². The highest BCUT2D eigenvalue weighted by atomic mass is 16.4. The Bertz CT molecular complexity index is 2140. The first-order valence-electron chi connectivity index (χ1n) is 26.1. The van der Waals surface area contributed by atoms with Crippen molar-refractivity contribution in [2.24, 2.45) is 51.6 Å². The molecule has 0 unspecified atom stereocenters. The topological polar surface area (TPSA) is 444 Å². The summed E-state index contributed by atoms with van der Waals surface area (Å²) >= 11 is 0. The third kappa shape index (κ3) is 21.8. The Morgan fingerprint density at radius 3 is 1.87 bits per heavy atom. The van der Waals surface area contributed by atoms with Crippen LogP contribution in [0, 0.1) is 23.7 Å². The number of aliphatic hydroxyl groups excluding tert-OH is 1. The van der Waals surface area contributed by atoms with Gasteiger partial charge in [0.1, 0.15) is 42.3 Å². The Morgan fingerprint density at radius 1 is 0.750 bits per heavy atom. The Kier molecular flexibility index (Phi) is 27.9. The minimum atomic E-state index is -1.65. The number of likely N-dealkylation sites (tertiary alicyclic amines) is 1. The lowest BCUT2D eigenvalue weighted by Gasteiger charge is -2.33. The van der Waals surface area contributed by atoms with Crippen molar-refractivity contribution in [2.75, 3.05) is 19.7 Å². The standard InChI is InChI=1S/C49H85N15O12/c1-9-27(7)39(51)47(75)58-30(13-11-17-55-49(52)53)41(69)61-34(21-37(50)66)44(72)59-32(19-25(3)4)43(71)60-33(20-29-22-54-24-56-29)45(73)63-40(28(8)10-2)48(76)64-18-12-14-36(64)46(74)57-31(15-16-38(67)68)42(70)62-35(23-65)26(5)6/h22,24-28,30-36,39-40,65H,9-21,23,51H2,1-8H3,(H2,50,66)(H,54,56)(H,57,74)(H,58,75)(H,59,72)(H,60,71)(H,61,69)(H,62,70)(H,63,73)(H,67,68)(H4,52,53,55)/t27-,28-,30-,31-,32-,33-,34-,35+,36-,39-,40-/m0/s1. The summed E-state index contributed by atoms with van der Waals surface area (Å²) in [5.74, 6) is -9.82. The Labute approximate surface area is 444 Å². The first-order chi connectivity index (χ1) is 35.7. The van der Waals surface area contributed by atoms with Crippen molar-refractivity contribution in [3.05, 3.63) is 18.2 Å². The SMILES string of the molecule is CC[C@H](C)[C@H](N)C(=O)N[C@@H](CCCN=C(N)N)C(=O)N[C@@H](CC(N)=O)C(=O)N[C@@H](CC(C)C)C(=O)N[C@@H](Cc1cnc[nH]1)C(=O)N[C@H](C(=O)N1CCC[C@H]1C(=O)N[C@@H](CCC(=O)O)C(=O)N[C@H](CO)C(C)C)[C@@H](C)CC. The second-order valence-electron chi connectivity index (χ2n) is 20.3. The molecule has 0 spiro atoms. The number of aliphatic imine (C=N–C) groups is 1. The highest BCUT2D eigenvalue weighted by Crippen LogP contribution is 2.23. The molecular weight excluding hydrogens is 991 g/mol. The van der Waals surface area contributed by atoms with Crippen molar-refractivity contribution in [3.8, 4) is 0 Å². The van der Waals surface area contributed by atoms with Crippen LogP contribution in [0.3, 0.4) is 0 Å². The van der Waals surface area contributed by atoms with E-state index in [2.05, 4.69) is 52.2 Å². The van der Waals surface area contributed by atoms with Gasteiger partial charge in [-0.1, -0.05) is 68.2 Å². The number of amides is 9. The number of hydrogen-bond donors (Lipinski definition) is 14. The predicted molar refractivity (Wildman–Crippen MR) is 279 cm³/mol. The minimum absolute atomic E-state index is 0.00482. The molecule has 0 radical (unpaired) electrons. The number of imidazole rings is 1. The fourth-order valence-corrected chi connectivity index (χ4v) is 8.24. The summed E-state index contributed by atoms with van der Waals surface area (Å²) in [5, 5.41) is 37.6. The quantitative estimate of drug-likeness (QED) is 0.0189. The number of aliphatic carboxylic acids is 1. The van der Waals surface area contributed by atoms with Crippen LogP contribution in [0.25, 0.3) is 0 Å². The molecule has 0 saturated carbocycles. The van der Waals surface area contributed by atoms with E-state index in [0.29, 0.717) is 25.0 Å². The average Bonchev–Trinajstić information content (AvgIpc) is 4.08. The number of aromatic nitrogens is 2. The summed E-state index contributed by atoms with van der Waals surface area (Å²) in [4.78, 5) is 148. The van der Waals surface area contributed by atoms with Crippen molar-refractivity contribution in [2.45, 2.75) is 180 Å². The molecule has 2 rings (SSSR count). The lowest BCUT2D eigenvalue weighted by Crippen LogP contribution is -2.61. The molecule has 1 fully saturated rings.